The summed E-state index contributed by atoms with van der Waals surface area (Å²) in [6, 6.07) is 4.51. The molecule has 1 aromatic rings. The Labute approximate surface area is 115 Å². The normalized spacial score (nSPS) is 11.9. The first-order valence-electron chi connectivity index (χ1n) is 5.41. The third-order valence-electron chi connectivity index (χ3n) is 3.45. The van der Waals surface area contributed by atoms with Gasteiger partial charge in [0.2, 0.25) is 0 Å². The van der Waals surface area contributed by atoms with Gasteiger partial charge in [-0.1, -0.05) is 12.1 Å². The van der Waals surface area contributed by atoms with Crippen LogP contribution in [0.3, 0.4) is 0 Å². The minimum absolute atomic E-state index is 0.0153. The molecule has 0 radical (unpaired) electrons. The van der Waals surface area contributed by atoms with Crippen LogP contribution in [0.5, 0.6) is 0 Å². The van der Waals surface area contributed by atoms with E-state index in [9.17, 15) is 0 Å². The standard InChI is InChI=1S/C13H20S3/c1-9-4-12(5-10(2)11(9)3)13(6-14,7-15)8-16/h4-5,14-16H,6-8H2,1-3H3. The Morgan fingerprint density at radius 1 is 0.875 bits per heavy atom. The summed E-state index contributed by atoms with van der Waals surface area (Å²) < 4.78 is 0. The van der Waals surface area contributed by atoms with E-state index in [-0.39, 0.29) is 5.41 Å². The summed E-state index contributed by atoms with van der Waals surface area (Å²) in [4.78, 5) is 0. The van der Waals surface area contributed by atoms with Gasteiger partial charge in [0.25, 0.3) is 0 Å². The molecule has 90 valence electrons. The van der Waals surface area contributed by atoms with Gasteiger partial charge < -0.3 is 0 Å². The Morgan fingerprint density at radius 2 is 1.25 bits per heavy atom. The predicted molar refractivity (Wildman–Crippen MR) is 83.9 cm³/mol. The SMILES string of the molecule is Cc1cc(C(CS)(CS)CS)cc(C)c1C. The van der Waals surface area contributed by atoms with Gasteiger partial charge in [-0.25, -0.2) is 0 Å². The lowest BCUT2D eigenvalue weighted by atomic mass is 9.83. The van der Waals surface area contributed by atoms with Crippen molar-refractivity contribution in [3.63, 3.8) is 0 Å². The third-order valence-corrected chi connectivity index (χ3v) is 5.26. The molecule has 0 spiro atoms. The van der Waals surface area contributed by atoms with Crippen molar-refractivity contribution < 1.29 is 0 Å². The van der Waals surface area contributed by atoms with Gasteiger partial charge in [0.15, 0.2) is 0 Å². The number of thiol groups is 3. The quantitative estimate of drug-likeness (QED) is 0.685. The molecule has 0 atom stereocenters. The Bertz CT molecular complexity index is 336. The van der Waals surface area contributed by atoms with Crippen molar-refractivity contribution in [1.29, 1.82) is 0 Å². The van der Waals surface area contributed by atoms with Crippen LogP contribution >= 0.6 is 37.9 Å². The molecule has 0 N–H and O–H groups in total. The zero-order valence-corrected chi connectivity index (χ0v) is 12.8. The minimum Gasteiger partial charge on any atom is -0.178 e. The van der Waals surface area contributed by atoms with Crippen molar-refractivity contribution in [2.24, 2.45) is 0 Å². The molecule has 16 heavy (non-hydrogen) atoms. The van der Waals surface area contributed by atoms with Gasteiger partial charge in [-0.15, -0.1) is 0 Å². The van der Waals surface area contributed by atoms with E-state index in [0.29, 0.717) is 0 Å². The molecule has 0 nitrogen and oxygen atoms in total. The highest BCUT2D eigenvalue weighted by molar-refractivity contribution is 7.82. The van der Waals surface area contributed by atoms with E-state index in [1.165, 1.54) is 22.3 Å². The molecule has 1 rings (SSSR count). The molecular formula is C13H20S3. The van der Waals surface area contributed by atoms with Crippen molar-refractivity contribution in [3.8, 4) is 0 Å². The number of hydrogen-bond acceptors (Lipinski definition) is 3. The van der Waals surface area contributed by atoms with Crippen molar-refractivity contribution in [2.45, 2.75) is 26.2 Å². The van der Waals surface area contributed by atoms with Gasteiger partial charge in [-0.2, -0.15) is 37.9 Å². The van der Waals surface area contributed by atoms with E-state index in [2.05, 4.69) is 70.8 Å². The molecule has 0 aliphatic rings. The molecule has 0 saturated carbocycles. The fourth-order valence-electron chi connectivity index (χ4n) is 1.77. The second-order valence-corrected chi connectivity index (χ2v) is 5.44. The molecule has 0 unspecified atom stereocenters. The lowest BCUT2D eigenvalue weighted by Crippen LogP contribution is -2.33. The summed E-state index contributed by atoms with van der Waals surface area (Å²) in [5, 5.41) is 0. The molecule has 0 aromatic heterocycles. The van der Waals surface area contributed by atoms with Crippen molar-refractivity contribution in [1.82, 2.24) is 0 Å². The van der Waals surface area contributed by atoms with Gasteiger partial charge in [0, 0.05) is 22.7 Å². The largest absolute Gasteiger partial charge is 0.178 e. The summed E-state index contributed by atoms with van der Waals surface area (Å²) in [6.07, 6.45) is 0. The van der Waals surface area contributed by atoms with Crippen LogP contribution < -0.4 is 0 Å². The average molecular weight is 273 g/mol. The highest BCUT2D eigenvalue weighted by Crippen LogP contribution is 2.31. The molecule has 0 amide bonds. The van der Waals surface area contributed by atoms with Gasteiger partial charge in [0.05, 0.1) is 0 Å². The number of benzene rings is 1. The number of hydrogen-bond donors (Lipinski definition) is 3. The topological polar surface area (TPSA) is 0 Å². The van der Waals surface area contributed by atoms with E-state index in [1.807, 2.05) is 0 Å². The average Bonchev–Trinajstić information content (AvgIpc) is 2.29. The predicted octanol–water partition coefficient (Wildman–Crippen LogP) is 3.64. The Balaban J connectivity index is 3.31. The van der Waals surface area contributed by atoms with Crippen molar-refractivity contribution >= 4 is 37.9 Å². The van der Waals surface area contributed by atoms with E-state index in [4.69, 9.17) is 0 Å². The first-order chi connectivity index (χ1) is 7.50. The second kappa shape index (κ2) is 5.74. The second-order valence-electron chi connectivity index (χ2n) is 4.49. The van der Waals surface area contributed by atoms with Crippen LogP contribution in [0.4, 0.5) is 0 Å². The molecule has 0 fully saturated rings. The fourth-order valence-corrected chi connectivity index (χ4v) is 3.51. The first kappa shape index (κ1) is 14.3. The van der Waals surface area contributed by atoms with E-state index in [1.54, 1.807) is 0 Å². The molecule has 0 bridgehead atoms. The maximum Gasteiger partial charge on any atom is 0.0217 e. The molecule has 0 aliphatic carbocycles. The van der Waals surface area contributed by atoms with Crippen LogP contribution in [0.25, 0.3) is 0 Å². The van der Waals surface area contributed by atoms with Crippen LogP contribution in [-0.4, -0.2) is 17.3 Å². The molecule has 0 aliphatic heterocycles. The van der Waals surface area contributed by atoms with Crippen LogP contribution in [0.1, 0.15) is 22.3 Å². The monoisotopic (exact) mass is 272 g/mol. The first-order valence-corrected chi connectivity index (χ1v) is 7.31. The zero-order valence-electron chi connectivity index (χ0n) is 10.1. The summed E-state index contributed by atoms with van der Waals surface area (Å²) in [6.45, 7) is 6.48. The van der Waals surface area contributed by atoms with E-state index in [0.717, 1.165) is 17.3 Å². The van der Waals surface area contributed by atoms with E-state index >= 15 is 0 Å². The van der Waals surface area contributed by atoms with Gasteiger partial charge in [0.1, 0.15) is 0 Å². The van der Waals surface area contributed by atoms with Crippen LogP contribution in [0.2, 0.25) is 0 Å². The molecule has 0 heterocycles. The zero-order chi connectivity index (χ0) is 12.3. The highest BCUT2D eigenvalue weighted by atomic mass is 32.1. The minimum atomic E-state index is -0.0153. The van der Waals surface area contributed by atoms with Crippen molar-refractivity contribution in [3.05, 3.63) is 34.4 Å². The molecule has 0 saturated heterocycles. The van der Waals surface area contributed by atoms with Crippen LogP contribution in [0, 0.1) is 20.8 Å². The fraction of sp³-hybridized carbons (Fsp3) is 0.538. The Hall–Kier alpha value is 0.270. The summed E-state index contributed by atoms with van der Waals surface area (Å²) >= 11 is 13.4. The highest BCUT2D eigenvalue weighted by Gasteiger charge is 2.28. The summed E-state index contributed by atoms with van der Waals surface area (Å²) in [5.41, 5.74) is 5.34. The Morgan fingerprint density at radius 3 is 1.56 bits per heavy atom. The Kier molecular flexibility index (Phi) is 5.14. The van der Waals surface area contributed by atoms with Crippen molar-refractivity contribution in [2.75, 3.05) is 17.3 Å². The summed E-state index contributed by atoms with van der Waals surface area (Å²) in [7, 11) is 0. The molecular weight excluding hydrogens is 252 g/mol. The van der Waals surface area contributed by atoms with Crippen LogP contribution in [0.15, 0.2) is 12.1 Å². The van der Waals surface area contributed by atoms with Gasteiger partial charge >= 0.3 is 0 Å². The number of aryl methyl sites for hydroxylation is 2. The maximum absolute atomic E-state index is 4.47. The number of rotatable bonds is 4. The maximum atomic E-state index is 4.47. The van der Waals surface area contributed by atoms with Crippen LogP contribution in [-0.2, 0) is 5.41 Å². The smallest absolute Gasteiger partial charge is 0.0217 e. The van der Waals surface area contributed by atoms with E-state index < -0.39 is 0 Å². The van der Waals surface area contributed by atoms with Gasteiger partial charge in [-0.3, -0.25) is 0 Å². The third kappa shape index (κ3) is 2.57. The van der Waals surface area contributed by atoms with Gasteiger partial charge in [-0.05, 0) is 43.0 Å². The lowest BCUT2D eigenvalue weighted by molar-refractivity contribution is 0.630. The summed E-state index contributed by atoms with van der Waals surface area (Å²) in [5.74, 6) is 2.34. The lowest BCUT2D eigenvalue weighted by Gasteiger charge is -2.30. The molecule has 1 aromatic carbocycles. The molecule has 3 heteroatoms.